The van der Waals surface area contributed by atoms with Crippen molar-refractivity contribution in [3.8, 4) is 0 Å². The summed E-state index contributed by atoms with van der Waals surface area (Å²) >= 11 is 1.81. The minimum atomic E-state index is -3.39. The van der Waals surface area contributed by atoms with Gasteiger partial charge in [0.1, 0.15) is 0 Å². The van der Waals surface area contributed by atoms with Gasteiger partial charge < -0.3 is 10.6 Å². The molecule has 1 aliphatic rings. The molecule has 3 N–H and O–H groups in total. The summed E-state index contributed by atoms with van der Waals surface area (Å²) < 4.78 is 27.2. The van der Waals surface area contributed by atoms with Gasteiger partial charge >= 0.3 is 0 Å². The Kier molecular flexibility index (Phi) is 7.37. The van der Waals surface area contributed by atoms with Crippen molar-refractivity contribution in [1.29, 1.82) is 0 Å². The van der Waals surface area contributed by atoms with Crippen LogP contribution in [0.15, 0.2) is 34.2 Å². The van der Waals surface area contributed by atoms with Gasteiger partial charge in [0.05, 0.1) is 11.4 Å². The number of sulfonamides is 1. The Morgan fingerprint density at radius 1 is 1.23 bits per heavy atom. The van der Waals surface area contributed by atoms with Gasteiger partial charge in [-0.1, -0.05) is 12.1 Å². The molecule has 0 bridgehead atoms. The molecular weight excluding hydrogens is 368 g/mol. The predicted molar refractivity (Wildman–Crippen MR) is 110 cm³/mol. The van der Waals surface area contributed by atoms with Crippen LogP contribution >= 0.6 is 11.8 Å². The summed E-state index contributed by atoms with van der Waals surface area (Å²) in [5.41, 5.74) is 0.969. The van der Waals surface area contributed by atoms with E-state index < -0.39 is 10.0 Å². The number of guanidine groups is 1. The van der Waals surface area contributed by atoms with Gasteiger partial charge in [-0.2, -0.15) is 11.8 Å². The molecule has 1 aromatic carbocycles. The highest BCUT2D eigenvalue weighted by molar-refractivity contribution is 7.99. The third-order valence-corrected chi connectivity index (χ3v) is 6.92. The highest BCUT2D eigenvalue weighted by Crippen LogP contribution is 2.22. The first-order chi connectivity index (χ1) is 12.3. The van der Waals surface area contributed by atoms with E-state index in [0.29, 0.717) is 11.4 Å². The Bertz CT molecular complexity index is 711. The number of thioether (sulfide) groups is 1. The molecule has 8 heteroatoms. The van der Waals surface area contributed by atoms with E-state index in [1.165, 1.54) is 0 Å². The van der Waals surface area contributed by atoms with E-state index in [-0.39, 0.29) is 10.8 Å². The summed E-state index contributed by atoms with van der Waals surface area (Å²) in [5, 5.41) is 6.60. The van der Waals surface area contributed by atoms with Crippen molar-refractivity contribution in [3.05, 3.63) is 29.8 Å². The highest BCUT2D eigenvalue weighted by atomic mass is 32.2. The topological polar surface area (TPSA) is 82.6 Å². The monoisotopic (exact) mass is 398 g/mol. The molecule has 0 radical (unpaired) electrons. The maximum atomic E-state index is 12.2. The molecule has 0 spiro atoms. The van der Waals surface area contributed by atoms with Crippen LogP contribution in [0.2, 0.25) is 0 Å². The smallest absolute Gasteiger partial charge is 0.240 e. The van der Waals surface area contributed by atoms with Gasteiger partial charge in [-0.05, 0) is 57.6 Å². The molecular formula is C18H30N4O2S2. The van der Waals surface area contributed by atoms with Crippen molar-refractivity contribution in [3.63, 3.8) is 0 Å². The van der Waals surface area contributed by atoms with Crippen LogP contribution in [0.4, 0.5) is 0 Å². The number of benzene rings is 1. The quantitative estimate of drug-likeness (QED) is 0.439. The third-order valence-electron chi connectivity index (χ3n) is 4.13. The number of rotatable bonds is 9. The summed E-state index contributed by atoms with van der Waals surface area (Å²) in [7, 11) is -3.39. The Hall–Kier alpha value is -1.25. The van der Waals surface area contributed by atoms with Crippen LogP contribution in [-0.4, -0.2) is 44.5 Å². The van der Waals surface area contributed by atoms with Gasteiger partial charge in [-0.25, -0.2) is 18.1 Å². The standard InChI is InChI=1S/C18H30N4O2S2/c1-5-19-17(21-13-18(2,3)25-4)20-12-14-6-10-16(11-7-14)26(23,24)22-15-8-9-15/h6-7,10-11,15,22H,5,8-9,12-13H2,1-4H3,(H2,19,20,21). The minimum Gasteiger partial charge on any atom is -0.357 e. The first kappa shape index (κ1) is 21.1. The molecule has 26 heavy (non-hydrogen) atoms. The highest BCUT2D eigenvalue weighted by Gasteiger charge is 2.27. The molecule has 146 valence electrons. The average Bonchev–Trinajstić information content (AvgIpc) is 3.41. The lowest BCUT2D eigenvalue weighted by molar-refractivity contribution is 0.581. The third kappa shape index (κ3) is 6.81. The summed E-state index contributed by atoms with van der Waals surface area (Å²) in [6.45, 7) is 8.49. The van der Waals surface area contributed by atoms with Crippen molar-refractivity contribution < 1.29 is 8.42 Å². The van der Waals surface area contributed by atoms with Crippen molar-refractivity contribution >= 4 is 27.7 Å². The number of hydrogen-bond acceptors (Lipinski definition) is 4. The van der Waals surface area contributed by atoms with Crippen LogP contribution < -0.4 is 15.4 Å². The van der Waals surface area contributed by atoms with Gasteiger partial charge in [0.25, 0.3) is 0 Å². The second-order valence-electron chi connectivity index (χ2n) is 7.05. The number of nitrogens with zero attached hydrogens (tertiary/aromatic N) is 1. The van der Waals surface area contributed by atoms with Crippen LogP contribution in [0.5, 0.6) is 0 Å². The second kappa shape index (κ2) is 9.10. The molecule has 1 aliphatic carbocycles. The predicted octanol–water partition coefficient (Wildman–Crippen LogP) is 2.32. The number of hydrogen-bond donors (Lipinski definition) is 3. The van der Waals surface area contributed by atoms with Gasteiger partial charge in [-0.15, -0.1) is 0 Å². The summed E-state index contributed by atoms with van der Waals surface area (Å²) in [6, 6.07) is 7.05. The van der Waals surface area contributed by atoms with Gasteiger partial charge in [0.15, 0.2) is 5.96 Å². The summed E-state index contributed by atoms with van der Waals surface area (Å²) in [4.78, 5) is 4.90. The molecule has 1 fully saturated rings. The lowest BCUT2D eigenvalue weighted by Gasteiger charge is -2.23. The lowest BCUT2D eigenvalue weighted by Crippen LogP contribution is -2.43. The fourth-order valence-corrected chi connectivity index (χ4v) is 3.67. The van der Waals surface area contributed by atoms with Crippen molar-refractivity contribution in [1.82, 2.24) is 15.4 Å². The average molecular weight is 399 g/mol. The summed E-state index contributed by atoms with van der Waals surface area (Å²) in [5.74, 6) is 0.765. The van der Waals surface area contributed by atoms with Crippen LogP contribution in [0.25, 0.3) is 0 Å². The molecule has 0 amide bonds. The van der Waals surface area contributed by atoms with E-state index in [4.69, 9.17) is 0 Å². The number of nitrogens with one attached hydrogen (secondary N) is 3. The van der Waals surface area contributed by atoms with Gasteiger partial charge in [0.2, 0.25) is 10.0 Å². The Labute approximate surface area is 161 Å². The Morgan fingerprint density at radius 3 is 2.42 bits per heavy atom. The van der Waals surface area contributed by atoms with Crippen LogP contribution in [0.1, 0.15) is 39.2 Å². The molecule has 6 nitrogen and oxygen atoms in total. The van der Waals surface area contributed by atoms with E-state index in [1.54, 1.807) is 23.9 Å². The minimum absolute atomic E-state index is 0.114. The second-order valence-corrected chi connectivity index (χ2v) is 10.3. The first-order valence-corrected chi connectivity index (χ1v) is 11.6. The zero-order valence-corrected chi connectivity index (χ0v) is 17.6. The van der Waals surface area contributed by atoms with E-state index in [0.717, 1.165) is 37.5 Å². The maximum Gasteiger partial charge on any atom is 0.240 e. The van der Waals surface area contributed by atoms with Crippen molar-refractivity contribution in [2.75, 3.05) is 19.3 Å². The fourth-order valence-electron chi connectivity index (χ4n) is 2.14. The summed E-state index contributed by atoms with van der Waals surface area (Å²) in [6.07, 6.45) is 3.96. The molecule has 2 rings (SSSR count). The maximum absolute atomic E-state index is 12.2. The van der Waals surface area contributed by atoms with E-state index >= 15 is 0 Å². The molecule has 0 aliphatic heterocycles. The van der Waals surface area contributed by atoms with Gasteiger partial charge in [0, 0.05) is 23.9 Å². The lowest BCUT2D eigenvalue weighted by atomic mass is 10.2. The molecule has 1 aromatic rings. The zero-order valence-electron chi connectivity index (χ0n) is 16.0. The SMILES string of the molecule is CCNC(=NCc1ccc(S(=O)(=O)NC2CC2)cc1)NCC(C)(C)SC. The Morgan fingerprint density at radius 2 is 1.88 bits per heavy atom. The van der Waals surface area contributed by atoms with Gasteiger partial charge in [-0.3, -0.25) is 0 Å². The van der Waals surface area contributed by atoms with Crippen LogP contribution in [0.3, 0.4) is 0 Å². The van der Waals surface area contributed by atoms with Crippen molar-refractivity contribution in [2.24, 2.45) is 4.99 Å². The van der Waals surface area contributed by atoms with Crippen molar-refractivity contribution in [2.45, 2.75) is 55.8 Å². The van der Waals surface area contributed by atoms with E-state index in [2.05, 4.69) is 40.5 Å². The number of aliphatic imine (C=N–C) groups is 1. The van der Waals surface area contributed by atoms with E-state index in [9.17, 15) is 8.42 Å². The molecule has 0 heterocycles. The molecule has 0 aromatic heterocycles. The first-order valence-electron chi connectivity index (χ1n) is 8.94. The van der Waals surface area contributed by atoms with Crippen LogP contribution in [-0.2, 0) is 16.6 Å². The zero-order chi connectivity index (χ0) is 19.2. The van der Waals surface area contributed by atoms with E-state index in [1.807, 2.05) is 19.1 Å². The molecule has 0 atom stereocenters. The molecule has 0 saturated heterocycles. The largest absolute Gasteiger partial charge is 0.357 e. The normalized spacial score (nSPS) is 15.8. The molecule has 1 saturated carbocycles. The Balaban J connectivity index is 1.97. The molecule has 0 unspecified atom stereocenters. The van der Waals surface area contributed by atoms with Crippen LogP contribution in [0, 0.1) is 0 Å². The fraction of sp³-hybridized carbons (Fsp3) is 0.611.